The number of aliphatic imine (C=N–C) groups is 1. The highest BCUT2D eigenvalue weighted by molar-refractivity contribution is 5.79. The molecule has 2 aliphatic heterocycles. The van der Waals surface area contributed by atoms with Crippen LogP contribution in [0.5, 0.6) is 5.88 Å². The number of nitrogens with zero attached hydrogens (tertiary/aromatic N) is 3. The number of rotatable bonds is 9. The largest absolute Gasteiger partial charge is 0.476 e. The van der Waals surface area contributed by atoms with Gasteiger partial charge in [0, 0.05) is 56.9 Å². The van der Waals surface area contributed by atoms with Gasteiger partial charge in [0.2, 0.25) is 5.88 Å². The molecule has 0 bridgehead atoms. The minimum Gasteiger partial charge on any atom is -0.476 e. The van der Waals surface area contributed by atoms with Crippen molar-refractivity contribution >= 4 is 11.9 Å². The summed E-state index contributed by atoms with van der Waals surface area (Å²) in [5.74, 6) is 0.656. The van der Waals surface area contributed by atoms with Crippen molar-refractivity contribution in [2.24, 2.45) is 4.99 Å². The quantitative estimate of drug-likeness (QED) is 0.480. The van der Waals surface area contributed by atoms with Gasteiger partial charge in [0.1, 0.15) is 6.61 Å². The smallest absolute Gasteiger partial charge is 0.215 e. The summed E-state index contributed by atoms with van der Waals surface area (Å²) in [5, 5.41) is 3.56. The molecule has 0 unspecified atom stereocenters. The number of hydrogen-bond donors (Lipinski definition) is 1. The Hall–Kier alpha value is -2.48. The summed E-state index contributed by atoms with van der Waals surface area (Å²) >= 11 is 0. The average molecular weight is 439 g/mol. The van der Waals surface area contributed by atoms with E-state index in [0.717, 1.165) is 75.8 Å². The van der Waals surface area contributed by atoms with Crippen LogP contribution in [0.25, 0.3) is 0 Å². The van der Waals surface area contributed by atoms with E-state index in [1.807, 2.05) is 18.3 Å². The number of nitrogens with one attached hydrogen (secondary N) is 1. The molecule has 0 amide bonds. The third kappa shape index (κ3) is 7.02. The van der Waals surface area contributed by atoms with Gasteiger partial charge in [-0.15, -0.1) is 0 Å². The second kappa shape index (κ2) is 11.9. The predicted octanol–water partition coefficient (Wildman–Crippen LogP) is 2.99. The molecule has 0 radical (unpaired) electrons. The zero-order valence-electron chi connectivity index (χ0n) is 19.0. The molecule has 2 aromatic rings. The Morgan fingerprint density at radius 2 is 1.94 bits per heavy atom. The van der Waals surface area contributed by atoms with Gasteiger partial charge in [0.25, 0.3) is 0 Å². The molecule has 2 aliphatic rings. The second-order valence-corrected chi connectivity index (χ2v) is 8.33. The van der Waals surface area contributed by atoms with E-state index >= 15 is 0 Å². The maximum Gasteiger partial charge on any atom is 0.215 e. The number of benzene rings is 1. The molecule has 2 fully saturated rings. The third-order valence-electron chi connectivity index (χ3n) is 5.76. The van der Waals surface area contributed by atoms with E-state index in [0.29, 0.717) is 25.1 Å². The number of ether oxygens (including phenoxy) is 3. The average Bonchev–Trinajstić information content (AvgIpc) is 2.83. The lowest BCUT2D eigenvalue weighted by Crippen LogP contribution is -2.37. The van der Waals surface area contributed by atoms with Crippen LogP contribution in [-0.2, 0) is 16.0 Å². The molecular weight excluding hydrogens is 404 g/mol. The highest BCUT2D eigenvalue weighted by Crippen LogP contribution is 2.23. The summed E-state index contributed by atoms with van der Waals surface area (Å²) in [7, 11) is 0. The Bertz CT molecular complexity index is 877. The van der Waals surface area contributed by atoms with Crippen LogP contribution in [0.4, 0.5) is 5.69 Å². The topological polar surface area (TPSA) is 68.2 Å². The lowest BCUT2D eigenvalue weighted by atomic mass is 10.1. The van der Waals surface area contributed by atoms with Crippen LogP contribution in [0.1, 0.15) is 29.7 Å². The molecule has 0 aliphatic carbocycles. The number of hydrogen-bond acceptors (Lipinski definition) is 7. The molecule has 2 saturated heterocycles. The monoisotopic (exact) mass is 438 g/mol. The summed E-state index contributed by atoms with van der Waals surface area (Å²) in [6.07, 6.45) is 4.04. The Morgan fingerprint density at radius 1 is 1.12 bits per heavy atom. The molecule has 4 rings (SSSR count). The maximum absolute atomic E-state index is 6.03. The number of pyridine rings is 1. The van der Waals surface area contributed by atoms with Crippen LogP contribution in [0, 0.1) is 6.92 Å². The van der Waals surface area contributed by atoms with Crippen LogP contribution < -0.4 is 15.0 Å². The number of aromatic nitrogens is 1. The predicted molar refractivity (Wildman–Crippen MR) is 127 cm³/mol. The van der Waals surface area contributed by atoms with Crippen LogP contribution in [0.3, 0.4) is 0 Å². The fourth-order valence-electron chi connectivity index (χ4n) is 4.02. The fraction of sp³-hybridized carbons (Fsp3) is 0.520. The first-order valence-electron chi connectivity index (χ1n) is 11.6. The molecule has 1 aromatic heterocycles. The lowest BCUT2D eigenvalue weighted by Gasteiger charge is -2.29. The molecule has 0 atom stereocenters. The summed E-state index contributed by atoms with van der Waals surface area (Å²) in [6, 6.07) is 13.0. The molecule has 1 N–H and O–H groups in total. The van der Waals surface area contributed by atoms with Crippen molar-refractivity contribution < 1.29 is 14.2 Å². The van der Waals surface area contributed by atoms with E-state index in [2.05, 4.69) is 46.4 Å². The number of morpholine rings is 1. The highest BCUT2D eigenvalue weighted by atomic mass is 16.5. The van der Waals surface area contributed by atoms with Gasteiger partial charge in [-0.25, -0.2) is 4.98 Å². The van der Waals surface area contributed by atoms with Gasteiger partial charge in [-0.05, 0) is 31.4 Å². The zero-order valence-corrected chi connectivity index (χ0v) is 19.0. The molecular formula is C25H34N4O3. The van der Waals surface area contributed by atoms with Gasteiger partial charge in [-0.2, -0.15) is 0 Å². The zero-order chi connectivity index (χ0) is 22.0. The lowest BCUT2D eigenvalue weighted by molar-refractivity contribution is 0.0769. The van der Waals surface area contributed by atoms with Gasteiger partial charge in [-0.3, -0.25) is 4.99 Å². The van der Waals surface area contributed by atoms with Crippen LogP contribution in [0.2, 0.25) is 0 Å². The van der Waals surface area contributed by atoms with Crippen molar-refractivity contribution in [1.82, 2.24) is 10.3 Å². The number of aryl methyl sites for hydroxylation is 1. The second-order valence-electron chi connectivity index (χ2n) is 8.33. The normalized spacial score (nSPS) is 17.7. The summed E-state index contributed by atoms with van der Waals surface area (Å²) in [5.41, 5.74) is 4.36. The molecule has 7 heteroatoms. The van der Waals surface area contributed by atoms with Crippen LogP contribution >= 0.6 is 0 Å². The Balaban J connectivity index is 1.39. The van der Waals surface area contributed by atoms with E-state index in [4.69, 9.17) is 19.2 Å². The van der Waals surface area contributed by atoms with Crippen LogP contribution in [-0.4, -0.2) is 69.9 Å². The van der Waals surface area contributed by atoms with E-state index in [-0.39, 0.29) is 0 Å². The number of anilines is 1. The van der Waals surface area contributed by atoms with Crippen molar-refractivity contribution in [2.45, 2.75) is 32.4 Å². The van der Waals surface area contributed by atoms with Crippen molar-refractivity contribution in [3.05, 3.63) is 53.2 Å². The van der Waals surface area contributed by atoms with Gasteiger partial charge < -0.3 is 24.4 Å². The SMILES string of the molecule is Cc1cccc(C=NCc2cc(N3CCOCC3)cc(OCCNC3CCOCC3)n2)c1. The first kappa shape index (κ1) is 22.7. The van der Waals surface area contributed by atoms with Crippen molar-refractivity contribution in [2.75, 3.05) is 57.6 Å². The van der Waals surface area contributed by atoms with E-state index in [9.17, 15) is 0 Å². The maximum atomic E-state index is 6.03. The Kier molecular flexibility index (Phi) is 8.48. The molecule has 0 spiro atoms. The first-order valence-corrected chi connectivity index (χ1v) is 11.6. The van der Waals surface area contributed by atoms with Crippen molar-refractivity contribution in [1.29, 1.82) is 0 Å². The molecule has 3 heterocycles. The van der Waals surface area contributed by atoms with Gasteiger partial charge in [-0.1, -0.05) is 29.8 Å². The third-order valence-corrected chi connectivity index (χ3v) is 5.76. The first-order chi connectivity index (χ1) is 15.8. The summed E-state index contributed by atoms with van der Waals surface area (Å²) in [4.78, 5) is 11.7. The van der Waals surface area contributed by atoms with Gasteiger partial charge in [0.15, 0.2) is 0 Å². The summed E-state index contributed by atoms with van der Waals surface area (Å²) in [6.45, 7) is 8.92. The van der Waals surface area contributed by atoms with Crippen LogP contribution in [0.15, 0.2) is 41.4 Å². The molecule has 7 nitrogen and oxygen atoms in total. The van der Waals surface area contributed by atoms with Crippen molar-refractivity contribution in [3.63, 3.8) is 0 Å². The minimum atomic E-state index is 0.517. The minimum absolute atomic E-state index is 0.517. The van der Waals surface area contributed by atoms with Crippen molar-refractivity contribution in [3.8, 4) is 5.88 Å². The molecule has 1 aromatic carbocycles. The molecule has 32 heavy (non-hydrogen) atoms. The molecule has 172 valence electrons. The highest BCUT2D eigenvalue weighted by Gasteiger charge is 2.15. The van der Waals surface area contributed by atoms with E-state index < -0.39 is 0 Å². The Morgan fingerprint density at radius 3 is 2.75 bits per heavy atom. The van der Waals surface area contributed by atoms with Gasteiger partial charge in [0.05, 0.1) is 25.5 Å². The van der Waals surface area contributed by atoms with E-state index in [1.54, 1.807) is 0 Å². The Labute approximate surface area is 190 Å². The van der Waals surface area contributed by atoms with Gasteiger partial charge >= 0.3 is 0 Å². The fourth-order valence-corrected chi connectivity index (χ4v) is 4.02. The molecule has 0 saturated carbocycles. The summed E-state index contributed by atoms with van der Waals surface area (Å²) < 4.78 is 17.0. The standard InChI is InChI=1S/C25H34N4O3/c1-20-3-2-4-21(15-20)18-26-19-23-16-24(29-8-13-31-14-9-29)17-25(28-23)32-12-7-27-22-5-10-30-11-6-22/h2-4,15-18,22,27H,5-14,19H2,1H3. The van der Waals surface area contributed by atoms with E-state index in [1.165, 1.54) is 5.56 Å².